The van der Waals surface area contributed by atoms with Crippen molar-refractivity contribution in [2.24, 2.45) is 0 Å². The molecule has 2 amide bonds. The average molecular weight is 278 g/mol. The molecule has 1 aliphatic carbocycles. The van der Waals surface area contributed by atoms with E-state index < -0.39 is 0 Å². The maximum absolute atomic E-state index is 11.6. The molecule has 5 heteroatoms. The summed E-state index contributed by atoms with van der Waals surface area (Å²) < 4.78 is 10.8. The van der Waals surface area contributed by atoms with Gasteiger partial charge in [-0.05, 0) is 25.0 Å². The minimum Gasteiger partial charge on any atom is -0.493 e. The zero-order valence-electron chi connectivity index (χ0n) is 11.9. The molecule has 0 spiro atoms. The third-order valence-corrected chi connectivity index (χ3v) is 3.40. The van der Waals surface area contributed by atoms with Crippen LogP contribution < -0.4 is 20.1 Å². The first-order valence-electron chi connectivity index (χ1n) is 7.10. The summed E-state index contributed by atoms with van der Waals surface area (Å²) in [5, 5.41) is 5.77. The van der Waals surface area contributed by atoms with E-state index in [9.17, 15) is 4.79 Å². The fourth-order valence-corrected chi connectivity index (χ4v) is 2.37. The maximum atomic E-state index is 11.6. The Labute approximate surface area is 119 Å². The molecule has 0 aromatic heterocycles. The highest BCUT2D eigenvalue weighted by atomic mass is 16.5. The fraction of sp³-hybridized carbons (Fsp3) is 0.533. The van der Waals surface area contributed by atoms with E-state index in [-0.39, 0.29) is 6.03 Å². The second kappa shape index (κ2) is 7.62. The van der Waals surface area contributed by atoms with Gasteiger partial charge in [-0.2, -0.15) is 0 Å². The van der Waals surface area contributed by atoms with E-state index in [1.807, 2.05) is 24.3 Å². The van der Waals surface area contributed by atoms with Crippen LogP contribution in [0.2, 0.25) is 0 Å². The zero-order chi connectivity index (χ0) is 14.2. The number of rotatable bonds is 6. The average Bonchev–Trinajstić information content (AvgIpc) is 2.97. The SMILES string of the molecule is COc1ccccc1OCCNC(=O)NC1CCCC1. The summed E-state index contributed by atoms with van der Waals surface area (Å²) in [6.07, 6.45) is 4.60. The molecule has 1 aliphatic rings. The van der Waals surface area contributed by atoms with Gasteiger partial charge in [0.15, 0.2) is 11.5 Å². The van der Waals surface area contributed by atoms with Gasteiger partial charge in [0.2, 0.25) is 0 Å². The zero-order valence-corrected chi connectivity index (χ0v) is 11.9. The lowest BCUT2D eigenvalue weighted by Gasteiger charge is -2.14. The Morgan fingerprint density at radius 3 is 2.65 bits per heavy atom. The number of hydrogen-bond acceptors (Lipinski definition) is 3. The number of benzene rings is 1. The van der Waals surface area contributed by atoms with Crippen LogP contribution in [0.4, 0.5) is 4.79 Å². The van der Waals surface area contributed by atoms with Gasteiger partial charge in [-0.3, -0.25) is 0 Å². The van der Waals surface area contributed by atoms with Crippen molar-refractivity contribution in [3.05, 3.63) is 24.3 Å². The van der Waals surface area contributed by atoms with Gasteiger partial charge in [0, 0.05) is 6.04 Å². The fourth-order valence-electron chi connectivity index (χ4n) is 2.37. The van der Waals surface area contributed by atoms with E-state index in [0.717, 1.165) is 12.8 Å². The van der Waals surface area contributed by atoms with Crippen molar-refractivity contribution in [3.63, 3.8) is 0 Å². The molecule has 1 saturated carbocycles. The minimum atomic E-state index is -0.111. The summed E-state index contributed by atoms with van der Waals surface area (Å²) in [6, 6.07) is 7.69. The van der Waals surface area contributed by atoms with Crippen LogP contribution in [-0.4, -0.2) is 32.3 Å². The first kappa shape index (κ1) is 14.5. The largest absolute Gasteiger partial charge is 0.493 e. The van der Waals surface area contributed by atoms with Crippen molar-refractivity contribution in [1.82, 2.24) is 10.6 Å². The topological polar surface area (TPSA) is 59.6 Å². The normalized spacial score (nSPS) is 14.8. The summed E-state index contributed by atoms with van der Waals surface area (Å²) >= 11 is 0. The molecule has 0 radical (unpaired) electrons. The summed E-state index contributed by atoms with van der Waals surface area (Å²) in [6.45, 7) is 0.884. The van der Waals surface area contributed by atoms with Crippen LogP contribution in [0, 0.1) is 0 Å². The van der Waals surface area contributed by atoms with E-state index in [1.54, 1.807) is 7.11 Å². The molecule has 5 nitrogen and oxygen atoms in total. The smallest absolute Gasteiger partial charge is 0.315 e. The number of carbonyl (C=O) groups excluding carboxylic acids is 1. The molecule has 0 aliphatic heterocycles. The Hall–Kier alpha value is -1.91. The summed E-state index contributed by atoms with van der Waals surface area (Å²) in [5.74, 6) is 1.39. The van der Waals surface area contributed by atoms with Crippen LogP contribution in [0.1, 0.15) is 25.7 Å². The Morgan fingerprint density at radius 2 is 1.95 bits per heavy atom. The molecule has 110 valence electrons. The highest BCUT2D eigenvalue weighted by molar-refractivity contribution is 5.74. The number of urea groups is 1. The second-order valence-electron chi connectivity index (χ2n) is 4.88. The van der Waals surface area contributed by atoms with E-state index in [0.29, 0.717) is 30.7 Å². The summed E-state index contributed by atoms with van der Waals surface area (Å²) in [7, 11) is 1.61. The molecule has 0 bridgehead atoms. The van der Waals surface area contributed by atoms with Gasteiger partial charge in [-0.15, -0.1) is 0 Å². The third-order valence-electron chi connectivity index (χ3n) is 3.40. The van der Waals surface area contributed by atoms with E-state index in [4.69, 9.17) is 9.47 Å². The van der Waals surface area contributed by atoms with Gasteiger partial charge in [0.05, 0.1) is 13.7 Å². The predicted octanol–water partition coefficient (Wildman–Crippen LogP) is 2.32. The van der Waals surface area contributed by atoms with Crippen molar-refractivity contribution in [3.8, 4) is 11.5 Å². The van der Waals surface area contributed by atoms with E-state index in [2.05, 4.69) is 10.6 Å². The maximum Gasteiger partial charge on any atom is 0.315 e. The number of ether oxygens (including phenoxy) is 2. The van der Waals surface area contributed by atoms with Crippen molar-refractivity contribution in [2.75, 3.05) is 20.3 Å². The van der Waals surface area contributed by atoms with Crippen LogP contribution in [-0.2, 0) is 0 Å². The molecular weight excluding hydrogens is 256 g/mol. The number of hydrogen-bond donors (Lipinski definition) is 2. The van der Waals surface area contributed by atoms with Crippen LogP contribution in [0.3, 0.4) is 0 Å². The van der Waals surface area contributed by atoms with Crippen molar-refractivity contribution >= 4 is 6.03 Å². The summed E-state index contributed by atoms with van der Waals surface area (Å²) in [4.78, 5) is 11.6. The van der Waals surface area contributed by atoms with Crippen LogP contribution >= 0.6 is 0 Å². The number of para-hydroxylation sites is 2. The lowest BCUT2D eigenvalue weighted by Crippen LogP contribution is -2.42. The third kappa shape index (κ3) is 4.33. The van der Waals surface area contributed by atoms with Crippen molar-refractivity contribution < 1.29 is 14.3 Å². The molecule has 1 fully saturated rings. The van der Waals surface area contributed by atoms with Gasteiger partial charge in [-0.25, -0.2) is 4.79 Å². The van der Waals surface area contributed by atoms with Gasteiger partial charge < -0.3 is 20.1 Å². The summed E-state index contributed by atoms with van der Waals surface area (Å²) in [5.41, 5.74) is 0. The van der Waals surface area contributed by atoms with Crippen molar-refractivity contribution in [1.29, 1.82) is 0 Å². The quantitative estimate of drug-likeness (QED) is 0.785. The number of nitrogens with one attached hydrogen (secondary N) is 2. The van der Waals surface area contributed by atoms with Gasteiger partial charge in [-0.1, -0.05) is 25.0 Å². The molecule has 0 atom stereocenters. The highest BCUT2D eigenvalue weighted by Crippen LogP contribution is 2.25. The Morgan fingerprint density at radius 1 is 1.25 bits per heavy atom. The molecular formula is C15H22N2O3. The van der Waals surface area contributed by atoms with Crippen LogP contribution in [0.25, 0.3) is 0 Å². The predicted molar refractivity (Wildman–Crippen MR) is 77.3 cm³/mol. The standard InChI is InChI=1S/C15H22N2O3/c1-19-13-8-4-5-9-14(13)20-11-10-16-15(18)17-12-6-2-3-7-12/h4-5,8-9,12H,2-3,6-7,10-11H2,1H3,(H2,16,17,18). The second-order valence-corrected chi connectivity index (χ2v) is 4.88. The molecule has 1 aromatic carbocycles. The molecule has 1 aromatic rings. The lowest BCUT2D eigenvalue weighted by molar-refractivity contribution is 0.232. The monoisotopic (exact) mass is 278 g/mol. The number of amides is 2. The first-order chi connectivity index (χ1) is 9.79. The minimum absolute atomic E-state index is 0.111. The van der Waals surface area contributed by atoms with Gasteiger partial charge >= 0.3 is 6.03 Å². The Kier molecular flexibility index (Phi) is 5.53. The molecule has 2 N–H and O–H groups in total. The van der Waals surface area contributed by atoms with E-state index in [1.165, 1.54) is 12.8 Å². The molecule has 0 unspecified atom stereocenters. The Balaban J connectivity index is 1.64. The lowest BCUT2D eigenvalue weighted by atomic mass is 10.2. The molecule has 0 saturated heterocycles. The molecule has 0 heterocycles. The molecule has 20 heavy (non-hydrogen) atoms. The first-order valence-corrected chi connectivity index (χ1v) is 7.10. The highest BCUT2D eigenvalue weighted by Gasteiger charge is 2.16. The van der Waals surface area contributed by atoms with Crippen molar-refractivity contribution in [2.45, 2.75) is 31.7 Å². The van der Waals surface area contributed by atoms with Gasteiger partial charge in [0.1, 0.15) is 6.61 Å². The molecule has 2 rings (SSSR count). The van der Waals surface area contributed by atoms with Gasteiger partial charge in [0.25, 0.3) is 0 Å². The van der Waals surface area contributed by atoms with Crippen LogP contribution in [0.5, 0.6) is 11.5 Å². The number of carbonyl (C=O) groups is 1. The van der Waals surface area contributed by atoms with E-state index >= 15 is 0 Å². The van der Waals surface area contributed by atoms with Crippen LogP contribution in [0.15, 0.2) is 24.3 Å². The number of methoxy groups -OCH3 is 1. The Bertz CT molecular complexity index is 431.